The van der Waals surface area contributed by atoms with Crippen LogP contribution in [0, 0.1) is 0 Å². The Morgan fingerprint density at radius 1 is 1.47 bits per heavy atom. The molecular weight excluding hydrogens is 240 g/mol. The molecule has 0 radical (unpaired) electrons. The normalized spacial score (nSPS) is 10.2. The number of nitrogen functional groups attached to an aromatic ring is 1. The molecule has 2 rings (SSSR count). The predicted molar refractivity (Wildman–Crippen MR) is 62.0 cm³/mol. The number of hydrogen-bond acceptors (Lipinski definition) is 6. The predicted octanol–water partition coefficient (Wildman–Crippen LogP) is 0.965. The van der Waals surface area contributed by atoms with Crippen LogP contribution in [0.1, 0.15) is 16.2 Å². The Morgan fingerprint density at radius 3 is 2.94 bits per heavy atom. The molecule has 1 amide bonds. The van der Waals surface area contributed by atoms with Gasteiger partial charge in [0.1, 0.15) is 5.76 Å². The van der Waals surface area contributed by atoms with E-state index >= 15 is 0 Å². The molecule has 0 saturated carbocycles. The molecule has 88 valence electrons. The van der Waals surface area contributed by atoms with E-state index < -0.39 is 5.91 Å². The number of nitrogens with zero attached hydrogens (tertiary/aromatic N) is 2. The second kappa shape index (κ2) is 5.46. The second-order valence-electron chi connectivity index (χ2n) is 3.12. The van der Waals surface area contributed by atoms with E-state index in [0.29, 0.717) is 11.5 Å². The van der Waals surface area contributed by atoms with E-state index in [0.717, 1.165) is 4.90 Å². The standard InChI is InChI=1S/C10H10N4O2S/c11-13-10(15)9-5-7(16-14-9)6-17-8-1-3-12-4-2-8/h1-5H,6,11H2,(H,13,15). The molecule has 3 N–H and O–H groups in total. The lowest BCUT2D eigenvalue weighted by molar-refractivity contribution is 0.0944. The topological polar surface area (TPSA) is 94.0 Å². The van der Waals surface area contributed by atoms with Crippen molar-refractivity contribution in [3.63, 3.8) is 0 Å². The minimum absolute atomic E-state index is 0.179. The van der Waals surface area contributed by atoms with Gasteiger partial charge in [-0.2, -0.15) is 0 Å². The maximum atomic E-state index is 11.1. The summed E-state index contributed by atoms with van der Waals surface area (Å²) in [5.41, 5.74) is 2.17. The van der Waals surface area contributed by atoms with Crippen LogP contribution in [-0.2, 0) is 5.75 Å². The molecule has 2 aromatic rings. The summed E-state index contributed by atoms with van der Waals surface area (Å²) in [5, 5.41) is 3.61. The average molecular weight is 250 g/mol. The van der Waals surface area contributed by atoms with Crippen LogP contribution in [-0.4, -0.2) is 16.0 Å². The van der Waals surface area contributed by atoms with Gasteiger partial charge in [-0.3, -0.25) is 15.2 Å². The molecular formula is C10H10N4O2S. The van der Waals surface area contributed by atoms with E-state index in [1.165, 1.54) is 0 Å². The Balaban J connectivity index is 1.96. The quantitative estimate of drug-likeness (QED) is 0.363. The number of hydrazine groups is 1. The van der Waals surface area contributed by atoms with Crippen molar-refractivity contribution in [1.82, 2.24) is 15.6 Å². The van der Waals surface area contributed by atoms with Crippen molar-refractivity contribution in [2.24, 2.45) is 5.84 Å². The number of thioether (sulfide) groups is 1. The first-order valence-electron chi connectivity index (χ1n) is 4.79. The number of carbonyl (C=O) groups excluding carboxylic acids is 1. The Hall–Kier alpha value is -1.86. The van der Waals surface area contributed by atoms with E-state index in [1.54, 1.807) is 30.2 Å². The maximum Gasteiger partial charge on any atom is 0.287 e. The summed E-state index contributed by atoms with van der Waals surface area (Å²) in [4.78, 5) is 16.1. The summed E-state index contributed by atoms with van der Waals surface area (Å²) in [7, 11) is 0. The van der Waals surface area contributed by atoms with Gasteiger partial charge in [-0.1, -0.05) is 5.16 Å². The van der Waals surface area contributed by atoms with Crippen molar-refractivity contribution >= 4 is 17.7 Å². The van der Waals surface area contributed by atoms with Crippen molar-refractivity contribution in [3.05, 3.63) is 42.0 Å². The van der Waals surface area contributed by atoms with Crippen LogP contribution in [0.25, 0.3) is 0 Å². The third-order valence-corrected chi connectivity index (χ3v) is 2.99. The number of nitrogens with one attached hydrogen (secondary N) is 1. The molecule has 2 heterocycles. The minimum atomic E-state index is -0.464. The monoisotopic (exact) mass is 250 g/mol. The van der Waals surface area contributed by atoms with Gasteiger partial charge in [-0.05, 0) is 12.1 Å². The molecule has 0 aliphatic carbocycles. The van der Waals surface area contributed by atoms with Crippen LogP contribution >= 0.6 is 11.8 Å². The van der Waals surface area contributed by atoms with Gasteiger partial charge in [0.05, 0.1) is 5.75 Å². The molecule has 0 aliphatic heterocycles. The van der Waals surface area contributed by atoms with Gasteiger partial charge >= 0.3 is 0 Å². The number of carbonyl (C=O) groups is 1. The molecule has 0 fully saturated rings. The molecule has 0 aliphatic rings. The molecule has 0 spiro atoms. The summed E-state index contributed by atoms with van der Waals surface area (Å²) < 4.78 is 5.01. The van der Waals surface area contributed by atoms with E-state index in [1.807, 2.05) is 17.6 Å². The van der Waals surface area contributed by atoms with Crippen LogP contribution in [0.5, 0.6) is 0 Å². The van der Waals surface area contributed by atoms with Gasteiger partial charge in [0.25, 0.3) is 5.91 Å². The molecule has 17 heavy (non-hydrogen) atoms. The van der Waals surface area contributed by atoms with Crippen LogP contribution in [0.2, 0.25) is 0 Å². The number of amides is 1. The van der Waals surface area contributed by atoms with Gasteiger partial charge in [-0.15, -0.1) is 11.8 Å². The van der Waals surface area contributed by atoms with Gasteiger partial charge < -0.3 is 4.52 Å². The third kappa shape index (κ3) is 3.05. The highest BCUT2D eigenvalue weighted by molar-refractivity contribution is 7.98. The fourth-order valence-electron chi connectivity index (χ4n) is 1.15. The molecule has 0 unspecified atom stereocenters. The maximum absolute atomic E-state index is 11.1. The molecule has 0 aromatic carbocycles. The van der Waals surface area contributed by atoms with Gasteiger partial charge in [-0.25, -0.2) is 5.84 Å². The van der Waals surface area contributed by atoms with Crippen molar-refractivity contribution in [2.45, 2.75) is 10.6 Å². The molecule has 0 bridgehead atoms. The lowest BCUT2D eigenvalue weighted by atomic mass is 10.4. The largest absolute Gasteiger partial charge is 0.360 e. The fraction of sp³-hybridized carbons (Fsp3) is 0.100. The van der Waals surface area contributed by atoms with Crippen LogP contribution < -0.4 is 11.3 Å². The van der Waals surface area contributed by atoms with Crippen LogP contribution in [0.3, 0.4) is 0 Å². The van der Waals surface area contributed by atoms with Crippen LogP contribution in [0.4, 0.5) is 0 Å². The Labute approximate surface area is 102 Å². The highest BCUT2D eigenvalue weighted by atomic mass is 32.2. The third-order valence-electron chi connectivity index (χ3n) is 1.95. The number of aromatic nitrogens is 2. The Kier molecular flexibility index (Phi) is 3.73. The zero-order valence-electron chi connectivity index (χ0n) is 8.79. The minimum Gasteiger partial charge on any atom is -0.360 e. The molecule has 7 heteroatoms. The van der Waals surface area contributed by atoms with E-state index in [4.69, 9.17) is 10.4 Å². The first-order chi connectivity index (χ1) is 8.29. The van der Waals surface area contributed by atoms with E-state index in [-0.39, 0.29) is 5.69 Å². The molecule has 0 saturated heterocycles. The number of nitrogens with two attached hydrogens (primary N) is 1. The summed E-state index contributed by atoms with van der Waals surface area (Å²) >= 11 is 1.57. The lowest BCUT2D eigenvalue weighted by Gasteiger charge is -1.96. The molecule has 0 atom stereocenters. The zero-order valence-corrected chi connectivity index (χ0v) is 9.61. The summed E-state index contributed by atoms with van der Waals surface area (Å²) in [6.45, 7) is 0. The summed E-state index contributed by atoms with van der Waals surface area (Å²) in [6.07, 6.45) is 3.44. The first-order valence-corrected chi connectivity index (χ1v) is 5.77. The summed E-state index contributed by atoms with van der Waals surface area (Å²) in [6, 6.07) is 5.36. The number of hydrogen-bond donors (Lipinski definition) is 2. The van der Waals surface area contributed by atoms with E-state index in [2.05, 4.69) is 10.1 Å². The first kappa shape index (κ1) is 11.6. The van der Waals surface area contributed by atoms with Crippen LogP contribution in [0.15, 0.2) is 40.0 Å². The fourth-order valence-corrected chi connectivity index (χ4v) is 1.91. The highest BCUT2D eigenvalue weighted by Gasteiger charge is 2.10. The summed E-state index contributed by atoms with van der Waals surface area (Å²) in [5.74, 6) is 5.73. The Bertz CT molecular complexity index is 500. The van der Waals surface area contributed by atoms with Crippen molar-refractivity contribution in [1.29, 1.82) is 0 Å². The average Bonchev–Trinajstić information content (AvgIpc) is 2.85. The number of rotatable bonds is 4. The Morgan fingerprint density at radius 2 is 2.24 bits per heavy atom. The SMILES string of the molecule is NNC(=O)c1cc(CSc2ccncc2)on1. The van der Waals surface area contributed by atoms with Gasteiger partial charge in [0, 0.05) is 23.4 Å². The second-order valence-corrected chi connectivity index (χ2v) is 4.17. The smallest absolute Gasteiger partial charge is 0.287 e. The van der Waals surface area contributed by atoms with Crippen molar-refractivity contribution in [2.75, 3.05) is 0 Å². The van der Waals surface area contributed by atoms with Gasteiger partial charge in [0.15, 0.2) is 5.69 Å². The highest BCUT2D eigenvalue weighted by Crippen LogP contribution is 2.21. The van der Waals surface area contributed by atoms with Crippen molar-refractivity contribution in [3.8, 4) is 0 Å². The van der Waals surface area contributed by atoms with Crippen molar-refractivity contribution < 1.29 is 9.32 Å². The molecule has 6 nitrogen and oxygen atoms in total. The molecule has 2 aromatic heterocycles. The lowest BCUT2D eigenvalue weighted by Crippen LogP contribution is -2.30. The van der Waals surface area contributed by atoms with Gasteiger partial charge in [0.2, 0.25) is 0 Å². The van der Waals surface area contributed by atoms with E-state index in [9.17, 15) is 4.79 Å². The number of pyridine rings is 1. The zero-order chi connectivity index (χ0) is 12.1.